The first-order chi connectivity index (χ1) is 13.6. The molecule has 28 heavy (non-hydrogen) atoms. The molecule has 0 heterocycles. The van der Waals surface area contributed by atoms with E-state index in [0.29, 0.717) is 46.1 Å². The van der Waals surface area contributed by atoms with Crippen LogP contribution < -0.4 is 4.74 Å². The van der Waals surface area contributed by atoms with Crippen molar-refractivity contribution in [1.29, 1.82) is 0 Å². The molecule has 0 fully saturated rings. The summed E-state index contributed by atoms with van der Waals surface area (Å²) in [4.78, 5) is 0. The third-order valence-electron chi connectivity index (χ3n) is 4.81. The molecule has 0 N–H and O–H groups in total. The van der Waals surface area contributed by atoms with E-state index in [9.17, 15) is 0 Å². The molecule has 1 unspecified atom stereocenters. The molecule has 1 aliphatic carbocycles. The number of hydrogen-bond acceptors (Lipinski definition) is 6. The third kappa shape index (κ3) is 4.36. The van der Waals surface area contributed by atoms with Crippen LogP contribution >= 0.6 is 0 Å². The Kier molecular flexibility index (Phi) is 8.71. The summed E-state index contributed by atoms with van der Waals surface area (Å²) in [5.74, 6) is -1.20. The SMILES string of the molecule is CCOc1ccc2c(c1)C(OCC)(OCC)C(OCC)CC2(OCC)OCC. The second-order valence-corrected chi connectivity index (χ2v) is 6.44. The van der Waals surface area contributed by atoms with Crippen molar-refractivity contribution in [3.63, 3.8) is 0 Å². The van der Waals surface area contributed by atoms with Gasteiger partial charge in [-0.3, -0.25) is 0 Å². The molecule has 0 amide bonds. The number of fused-ring (bicyclic) bond motifs is 1. The van der Waals surface area contributed by atoms with Gasteiger partial charge in [-0.25, -0.2) is 0 Å². The first kappa shape index (κ1) is 23.1. The van der Waals surface area contributed by atoms with Crippen molar-refractivity contribution in [1.82, 2.24) is 0 Å². The maximum absolute atomic E-state index is 6.27. The minimum Gasteiger partial charge on any atom is -0.494 e. The lowest BCUT2D eigenvalue weighted by molar-refractivity contribution is -0.344. The quantitative estimate of drug-likeness (QED) is 0.490. The van der Waals surface area contributed by atoms with Gasteiger partial charge < -0.3 is 28.4 Å². The molecule has 0 saturated carbocycles. The van der Waals surface area contributed by atoms with Crippen LogP contribution in [0.25, 0.3) is 0 Å². The smallest absolute Gasteiger partial charge is 0.222 e. The minimum absolute atomic E-state index is 0.389. The molecule has 160 valence electrons. The van der Waals surface area contributed by atoms with Crippen molar-refractivity contribution in [3.8, 4) is 5.75 Å². The number of benzene rings is 1. The summed E-state index contributed by atoms with van der Waals surface area (Å²) in [5.41, 5.74) is 1.74. The van der Waals surface area contributed by atoms with Crippen LogP contribution in [-0.4, -0.2) is 45.7 Å². The lowest BCUT2D eigenvalue weighted by Gasteiger charge is -2.50. The van der Waals surface area contributed by atoms with Gasteiger partial charge in [-0.15, -0.1) is 0 Å². The highest BCUT2D eigenvalue weighted by molar-refractivity contribution is 5.44. The van der Waals surface area contributed by atoms with Gasteiger partial charge >= 0.3 is 0 Å². The van der Waals surface area contributed by atoms with Crippen LogP contribution in [0.15, 0.2) is 18.2 Å². The highest BCUT2D eigenvalue weighted by Crippen LogP contribution is 2.51. The Labute approximate surface area is 169 Å². The Morgan fingerprint density at radius 1 is 0.750 bits per heavy atom. The minimum atomic E-state index is -1.04. The molecule has 1 atom stereocenters. The average molecular weight is 397 g/mol. The molecule has 1 aromatic rings. The van der Waals surface area contributed by atoms with E-state index in [-0.39, 0.29) is 6.10 Å². The van der Waals surface area contributed by atoms with Crippen LogP contribution in [0.3, 0.4) is 0 Å². The second-order valence-electron chi connectivity index (χ2n) is 6.44. The van der Waals surface area contributed by atoms with Gasteiger partial charge in [0.1, 0.15) is 11.9 Å². The van der Waals surface area contributed by atoms with Crippen molar-refractivity contribution < 1.29 is 28.4 Å². The Balaban J connectivity index is 2.75. The standard InChI is InChI=1S/C22H36O6/c1-7-23-17-13-14-18-19(15-17)22(27-11-5,28-12-6)20(24-8-2)16-21(18,25-9-3)26-10-4/h13-15,20H,7-12,16H2,1-6H3. The average Bonchev–Trinajstić information content (AvgIpc) is 2.67. The first-order valence-electron chi connectivity index (χ1n) is 10.5. The summed E-state index contributed by atoms with van der Waals surface area (Å²) in [5, 5.41) is 0. The van der Waals surface area contributed by atoms with Crippen LogP contribution in [0.4, 0.5) is 0 Å². The normalized spacial score (nSPS) is 20.0. The highest BCUT2D eigenvalue weighted by Gasteiger charge is 2.57. The van der Waals surface area contributed by atoms with Gasteiger partial charge in [0.05, 0.1) is 6.61 Å². The number of hydrogen-bond donors (Lipinski definition) is 0. The largest absolute Gasteiger partial charge is 0.494 e. The molecule has 1 aliphatic rings. The third-order valence-corrected chi connectivity index (χ3v) is 4.81. The Morgan fingerprint density at radius 3 is 1.86 bits per heavy atom. The van der Waals surface area contributed by atoms with Gasteiger partial charge in [0.2, 0.25) is 5.79 Å². The van der Waals surface area contributed by atoms with E-state index >= 15 is 0 Å². The zero-order valence-electron chi connectivity index (χ0n) is 18.2. The van der Waals surface area contributed by atoms with Crippen molar-refractivity contribution in [2.24, 2.45) is 0 Å². The van der Waals surface area contributed by atoms with Crippen LogP contribution in [0.2, 0.25) is 0 Å². The van der Waals surface area contributed by atoms with Gasteiger partial charge in [0.25, 0.3) is 0 Å². The maximum Gasteiger partial charge on any atom is 0.222 e. The van der Waals surface area contributed by atoms with Crippen LogP contribution in [0.5, 0.6) is 5.75 Å². The van der Waals surface area contributed by atoms with E-state index in [1.165, 1.54) is 0 Å². The second kappa shape index (κ2) is 10.6. The number of ether oxygens (including phenoxy) is 6. The monoisotopic (exact) mass is 396 g/mol. The maximum atomic E-state index is 6.27. The van der Waals surface area contributed by atoms with E-state index in [1.807, 2.05) is 59.7 Å². The zero-order chi connectivity index (χ0) is 20.6. The molecule has 2 rings (SSSR count). The molecular weight excluding hydrogens is 360 g/mol. The highest BCUT2D eigenvalue weighted by atomic mass is 16.7. The summed E-state index contributed by atoms with van der Waals surface area (Å²) in [6.45, 7) is 14.9. The predicted octanol–water partition coefficient (Wildman–Crippen LogP) is 4.35. The molecule has 0 aliphatic heterocycles. The topological polar surface area (TPSA) is 55.4 Å². The summed E-state index contributed by atoms with van der Waals surface area (Å²) >= 11 is 0. The van der Waals surface area contributed by atoms with E-state index in [0.717, 1.165) is 16.9 Å². The van der Waals surface area contributed by atoms with Crippen molar-refractivity contribution in [2.75, 3.05) is 39.6 Å². The molecule has 0 radical (unpaired) electrons. The lowest BCUT2D eigenvalue weighted by Crippen LogP contribution is -2.56. The van der Waals surface area contributed by atoms with Crippen LogP contribution in [0.1, 0.15) is 59.1 Å². The molecule has 0 saturated heterocycles. The molecule has 0 bridgehead atoms. The fourth-order valence-corrected chi connectivity index (χ4v) is 4.03. The zero-order valence-corrected chi connectivity index (χ0v) is 18.2. The number of rotatable bonds is 12. The van der Waals surface area contributed by atoms with Gasteiger partial charge in [0.15, 0.2) is 5.79 Å². The van der Waals surface area contributed by atoms with E-state index < -0.39 is 11.6 Å². The van der Waals surface area contributed by atoms with E-state index in [1.54, 1.807) is 0 Å². The van der Waals surface area contributed by atoms with Crippen molar-refractivity contribution in [2.45, 2.75) is 65.6 Å². The van der Waals surface area contributed by atoms with Gasteiger partial charge in [-0.2, -0.15) is 0 Å². The molecular formula is C22H36O6. The fraction of sp³-hybridized carbons (Fsp3) is 0.727. The lowest BCUT2D eigenvalue weighted by atomic mass is 9.79. The van der Waals surface area contributed by atoms with E-state index in [4.69, 9.17) is 28.4 Å². The van der Waals surface area contributed by atoms with E-state index in [2.05, 4.69) is 0 Å². The van der Waals surface area contributed by atoms with Crippen molar-refractivity contribution >= 4 is 0 Å². The molecule has 0 aromatic heterocycles. The fourth-order valence-electron chi connectivity index (χ4n) is 4.03. The van der Waals surface area contributed by atoms with Gasteiger partial charge in [0, 0.05) is 50.6 Å². The van der Waals surface area contributed by atoms with Crippen molar-refractivity contribution in [3.05, 3.63) is 29.3 Å². The molecule has 6 heteroatoms. The van der Waals surface area contributed by atoms with Gasteiger partial charge in [-0.1, -0.05) is 0 Å². The van der Waals surface area contributed by atoms with Gasteiger partial charge in [-0.05, 0) is 59.7 Å². The Bertz CT molecular complexity index is 591. The molecule has 1 aromatic carbocycles. The molecule has 6 nitrogen and oxygen atoms in total. The van der Waals surface area contributed by atoms with Crippen LogP contribution in [0, 0.1) is 0 Å². The summed E-state index contributed by atoms with van der Waals surface area (Å²) in [7, 11) is 0. The Hall–Kier alpha value is -1.18. The first-order valence-corrected chi connectivity index (χ1v) is 10.5. The summed E-state index contributed by atoms with van der Waals surface area (Å²) in [6, 6.07) is 5.92. The van der Waals surface area contributed by atoms with Crippen LogP contribution in [-0.2, 0) is 35.3 Å². The predicted molar refractivity (Wildman–Crippen MR) is 108 cm³/mol. The Morgan fingerprint density at radius 2 is 1.36 bits per heavy atom. The molecule has 0 spiro atoms. The summed E-state index contributed by atoms with van der Waals surface area (Å²) < 4.78 is 36.9. The summed E-state index contributed by atoms with van der Waals surface area (Å²) in [6.07, 6.45) is 0.0867.